The van der Waals surface area contributed by atoms with Gasteiger partial charge in [-0.2, -0.15) is 0 Å². The van der Waals surface area contributed by atoms with Gasteiger partial charge in [0.25, 0.3) is 0 Å². The second kappa shape index (κ2) is 7.17. The summed E-state index contributed by atoms with van der Waals surface area (Å²) in [5.74, 6) is 1.69. The third-order valence-corrected chi connectivity index (χ3v) is 4.95. The molecule has 4 nitrogen and oxygen atoms in total. The van der Waals surface area contributed by atoms with Crippen LogP contribution in [0.2, 0.25) is 0 Å². The number of nitrogens with zero attached hydrogens (tertiary/aromatic N) is 3. The SMILES string of the molecule is Cc1ccc(CSc2nnc(-c3ccco3)n2-c2ccc(F)cc2)cc1. The molecule has 2 aromatic heterocycles. The standard InChI is InChI=1S/C20H16FN3OS/c1-14-4-6-15(7-5-14)13-26-20-23-22-19(18-3-2-12-25-18)24(20)17-10-8-16(21)9-11-17/h2-12H,13H2,1H3. The van der Waals surface area contributed by atoms with Crippen molar-refractivity contribution in [2.75, 3.05) is 0 Å². The van der Waals surface area contributed by atoms with Gasteiger partial charge in [-0.1, -0.05) is 41.6 Å². The number of halogens is 1. The molecule has 0 bridgehead atoms. The number of benzene rings is 2. The molecular weight excluding hydrogens is 349 g/mol. The van der Waals surface area contributed by atoms with Crippen LogP contribution in [-0.2, 0) is 5.75 Å². The zero-order chi connectivity index (χ0) is 17.9. The number of rotatable bonds is 5. The average Bonchev–Trinajstić information content (AvgIpc) is 3.31. The Morgan fingerprint density at radius 2 is 1.77 bits per heavy atom. The van der Waals surface area contributed by atoms with Crippen LogP contribution in [0.1, 0.15) is 11.1 Å². The van der Waals surface area contributed by atoms with Gasteiger partial charge >= 0.3 is 0 Å². The minimum atomic E-state index is -0.282. The van der Waals surface area contributed by atoms with E-state index in [0.717, 1.165) is 16.6 Å². The number of hydrogen-bond acceptors (Lipinski definition) is 4. The monoisotopic (exact) mass is 365 g/mol. The van der Waals surface area contributed by atoms with Gasteiger partial charge in [0.1, 0.15) is 5.82 Å². The predicted octanol–water partition coefficient (Wildman–Crippen LogP) is 5.27. The topological polar surface area (TPSA) is 43.9 Å². The first-order valence-corrected chi connectivity index (χ1v) is 9.13. The molecule has 0 radical (unpaired) electrons. The lowest BCUT2D eigenvalue weighted by Gasteiger charge is -2.09. The lowest BCUT2D eigenvalue weighted by Crippen LogP contribution is -1.99. The van der Waals surface area contributed by atoms with Crippen molar-refractivity contribution in [1.29, 1.82) is 0 Å². The van der Waals surface area contributed by atoms with Gasteiger partial charge in [0.05, 0.1) is 12.0 Å². The molecule has 130 valence electrons. The summed E-state index contributed by atoms with van der Waals surface area (Å²) in [6.07, 6.45) is 1.60. The molecule has 0 aliphatic carbocycles. The second-order valence-corrected chi connectivity index (χ2v) is 6.81. The molecule has 4 rings (SSSR count). The van der Waals surface area contributed by atoms with Crippen molar-refractivity contribution in [3.8, 4) is 17.3 Å². The molecule has 26 heavy (non-hydrogen) atoms. The Kier molecular flexibility index (Phi) is 4.58. The maximum atomic E-state index is 13.3. The van der Waals surface area contributed by atoms with E-state index in [-0.39, 0.29) is 5.82 Å². The summed E-state index contributed by atoms with van der Waals surface area (Å²) < 4.78 is 20.7. The van der Waals surface area contributed by atoms with Gasteiger partial charge in [-0.3, -0.25) is 4.57 Å². The van der Waals surface area contributed by atoms with E-state index in [1.54, 1.807) is 36.2 Å². The first kappa shape index (κ1) is 16.6. The van der Waals surface area contributed by atoms with Crippen molar-refractivity contribution in [3.63, 3.8) is 0 Å². The Hall–Kier alpha value is -2.86. The fourth-order valence-corrected chi connectivity index (χ4v) is 3.49. The van der Waals surface area contributed by atoms with Gasteiger partial charge in [0.2, 0.25) is 5.82 Å². The summed E-state index contributed by atoms with van der Waals surface area (Å²) in [5, 5.41) is 9.34. The first-order chi connectivity index (χ1) is 12.7. The summed E-state index contributed by atoms with van der Waals surface area (Å²) in [5.41, 5.74) is 3.22. The Bertz CT molecular complexity index is 993. The molecule has 2 aromatic carbocycles. The van der Waals surface area contributed by atoms with Crippen molar-refractivity contribution in [3.05, 3.63) is 83.9 Å². The van der Waals surface area contributed by atoms with Crippen molar-refractivity contribution < 1.29 is 8.81 Å². The number of hydrogen-bond donors (Lipinski definition) is 0. The van der Waals surface area contributed by atoms with Crippen LogP contribution in [0.25, 0.3) is 17.3 Å². The summed E-state index contributed by atoms with van der Waals surface area (Å²) in [4.78, 5) is 0. The lowest BCUT2D eigenvalue weighted by molar-refractivity contribution is 0.575. The molecule has 4 aromatic rings. The quantitative estimate of drug-likeness (QED) is 0.452. The number of aromatic nitrogens is 3. The molecule has 0 unspecified atom stereocenters. The van der Waals surface area contributed by atoms with Gasteiger partial charge in [-0.05, 0) is 48.9 Å². The maximum Gasteiger partial charge on any atom is 0.205 e. The summed E-state index contributed by atoms with van der Waals surface area (Å²) in [6, 6.07) is 18.3. The highest BCUT2D eigenvalue weighted by atomic mass is 32.2. The fraction of sp³-hybridized carbons (Fsp3) is 0.100. The van der Waals surface area contributed by atoms with E-state index in [9.17, 15) is 4.39 Å². The molecular formula is C20H16FN3OS. The van der Waals surface area contributed by atoms with E-state index in [2.05, 4.69) is 41.4 Å². The molecule has 0 amide bonds. The minimum absolute atomic E-state index is 0.282. The van der Waals surface area contributed by atoms with E-state index >= 15 is 0 Å². The van der Waals surface area contributed by atoms with Crippen LogP contribution in [-0.4, -0.2) is 14.8 Å². The second-order valence-electron chi connectivity index (χ2n) is 5.87. The van der Waals surface area contributed by atoms with Crippen molar-refractivity contribution in [2.24, 2.45) is 0 Å². The largest absolute Gasteiger partial charge is 0.461 e. The third-order valence-electron chi connectivity index (χ3n) is 3.95. The average molecular weight is 365 g/mol. The Morgan fingerprint density at radius 3 is 2.46 bits per heavy atom. The van der Waals surface area contributed by atoms with Gasteiger partial charge in [-0.25, -0.2) is 4.39 Å². The van der Waals surface area contributed by atoms with Crippen LogP contribution >= 0.6 is 11.8 Å². The molecule has 0 aliphatic rings. The van der Waals surface area contributed by atoms with Gasteiger partial charge in [-0.15, -0.1) is 10.2 Å². The fourth-order valence-electron chi connectivity index (χ4n) is 2.58. The highest BCUT2D eigenvalue weighted by Gasteiger charge is 2.18. The molecule has 0 spiro atoms. The first-order valence-electron chi connectivity index (χ1n) is 8.14. The van der Waals surface area contributed by atoms with E-state index < -0.39 is 0 Å². The third kappa shape index (κ3) is 3.41. The van der Waals surface area contributed by atoms with Gasteiger partial charge in [0.15, 0.2) is 10.9 Å². The molecule has 0 N–H and O–H groups in total. The number of thioether (sulfide) groups is 1. The van der Waals surface area contributed by atoms with E-state index in [1.165, 1.54) is 23.3 Å². The van der Waals surface area contributed by atoms with Crippen LogP contribution in [0.3, 0.4) is 0 Å². The molecule has 0 aliphatic heterocycles. The van der Waals surface area contributed by atoms with E-state index in [4.69, 9.17) is 4.42 Å². The van der Waals surface area contributed by atoms with Gasteiger partial charge in [0, 0.05) is 5.75 Å². The van der Waals surface area contributed by atoms with Crippen LogP contribution in [0.15, 0.2) is 76.5 Å². The van der Waals surface area contributed by atoms with E-state index in [1.807, 2.05) is 10.6 Å². The highest BCUT2D eigenvalue weighted by Crippen LogP contribution is 2.30. The Morgan fingerprint density at radius 1 is 1.00 bits per heavy atom. The van der Waals surface area contributed by atoms with Crippen LogP contribution in [0.5, 0.6) is 0 Å². The van der Waals surface area contributed by atoms with Crippen LogP contribution in [0, 0.1) is 12.7 Å². The highest BCUT2D eigenvalue weighted by molar-refractivity contribution is 7.98. The molecule has 0 saturated carbocycles. The molecule has 2 heterocycles. The smallest absolute Gasteiger partial charge is 0.205 e. The van der Waals surface area contributed by atoms with E-state index in [0.29, 0.717) is 11.6 Å². The van der Waals surface area contributed by atoms with Crippen molar-refractivity contribution in [2.45, 2.75) is 17.8 Å². The normalized spacial score (nSPS) is 11.0. The number of furan rings is 1. The van der Waals surface area contributed by atoms with Crippen LogP contribution < -0.4 is 0 Å². The predicted molar refractivity (Wildman–Crippen MR) is 99.8 cm³/mol. The molecule has 0 saturated heterocycles. The van der Waals surface area contributed by atoms with Gasteiger partial charge < -0.3 is 4.42 Å². The maximum absolute atomic E-state index is 13.3. The molecule has 0 atom stereocenters. The van der Waals surface area contributed by atoms with Crippen molar-refractivity contribution in [1.82, 2.24) is 14.8 Å². The number of aryl methyl sites for hydroxylation is 1. The zero-order valence-corrected chi connectivity index (χ0v) is 14.9. The Balaban J connectivity index is 1.70. The summed E-state index contributed by atoms with van der Waals surface area (Å²) in [6.45, 7) is 2.07. The zero-order valence-electron chi connectivity index (χ0n) is 14.1. The van der Waals surface area contributed by atoms with Crippen LogP contribution in [0.4, 0.5) is 4.39 Å². The summed E-state index contributed by atoms with van der Waals surface area (Å²) >= 11 is 1.58. The summed E-state index contributed by atoms with van der Waals surface area (Å²) in [7, 11) is 0. The van der Waals surface area contributed by atoms with Crippen molar-refractivity contribution >= 4 is 11.8 Å². The molecule has 0 fully saturated rings. The Labute approximate surface area is 154 Å². The minimum Gasteiger partial charge on any atom is -0.461 e. The lowest BCUT2D eigenvalue weighted by atomic mass is 10.2. The molecule has 6 heteroatoms.